The smallest absolute Gasteiger partial charge is 0.249 e. The fraction of sp³-hybridized carbons (Fsp3) is 0.125. The van der Waals surface area contributed by atoms with E-state index in [1.54, 1.807) is 0 Å². The van der Waals surface area contributed by atoms with Gasteiger partial charge in [0.05, 0.1) is 5.69 Å². The lowest BCUT2D eigenvalue weighted by Gasteiger charge is -2.30. The molecule has 3 rings (SSSR count). The highest BCUT2D eigenvalue weighted by Crippen LogP contribution is 2.39. The van der Waals surface area contributed by atoms with Gasteiger partial charge in [-0.15, -0.1) is 11.8 Å². The van der Waals surface area contributed by atoms with Gasteiger partial charge in [-0.1, -0.05) is 0 Å². The molecule has 0 saturated heterocycles. The zero-order valence-corrected chi connectivity index (χ0v) is 12.9. The number of fused-ring (bicyclic) bond motifs is 1. The number of benzene rings is 2. The fourth-order valence-corrected chi connectivity index (χ4v) is 3.42. The Kier molecular flexibility index (Phi) is 4.04. The lowest BCUT2D eigenvalue weighted by Crippen LogP contribution is -2.44. The summed E-state index contributed by atoms with van der Waals surface area (Å²) < 4.78 is 26.3. The van der Waals surface area contributed by atoms with Gasteiger partial charge >= 0.3 is 0 Å². The van der Waals surface area contributed by atoms with Gasteiger partial charge in [-0.3, -0.25) is 9.59 Å². The van der Waals surface area contributed by atoms with Crippen molar-refractivity contribution in [3.05, 3.63) is 54.1 Å². The van der Waals surface area contributed by atoms with Crippen molar-refractivity contribution < 1.29 is 18.4 Å². The van der Waals surface area contributed by atoms with Gasteiger partial charge in [0.1, 0.15) is 11.6 Å². The molecule has 0 spiro atoms. The lowest BCUT2D eigenvalue weighted by atomic mass is 10.2. The van der Waals surface area contributed by atoms with E-state index in [-0.39, 0.29) is 0 Å². The van der Waals surface area contributed by atoms with Crippen LogP contribution < -0.4 is 10.2 Å². The molecular formula is C16H12F2N2O2S. The Morgan fingerprint density at radius 2 is 1.78 bits per heavy atom. The number of carbonyl (C=O) groups excluding carboxylic acids is 2. The first-order valence-electron chi connectivity index (χ1n) is 6.76. The number of hydrogen-bond donors (Lipinski definition) is 1. The van der Waals surface area contributed by atoms with E-state index in [0.717, 1.165) is 11.8 Å². The van der Waals surface area contributed by atoms with E-state index in [1.165, 1.54) is 54.4 Å². The summed E-state index contributed by atoms with van der Waals surface area (Å²) in [5.74, 6) is -1.78. The third-order valence-electron chi connectivity index (χ3n) is 3.43. The Morgan fingerprint density at radius 3 is 2.48 bits per heavy atom. The molecule has 1 heterocycles. The molecule has 23 heavy (non-hydrogen) atoms. The first-order chi connectivity index (χ1) is 11.0. The molecule has 0 radical (unpaired) electrons. The minimum Gasteiger partial charge on any atom is -0.325 e. The monoisotopic (exact) mass is 334 g/mol. The largest absolute Gasteiger partial charge is 0.325 e. The van der Waals surface area contributed by atoms with Crippen molar-refractivity contribution in [3.63, 3.8) is 0 Å². The number of amides is 2. The average Bonchev–Trinajstić information content (AvgIpc) is 2.52. The molecule has 1 unspecified atom stereocenters. The SMILES string of the molecule is CN1C(=O)C(C(=O)Nc2ccc(F)cc2)Sc2cc(F)ccc21. The Morgan fingerprint density at radius 1 is 1.13 bits per heavy atom. The highest BCUT2D eigenvalue weighted by molar-refractivity contribution is 8.01. The number of nitrogens with zero attached hydrogens (tertiary/aromatic N) is 1. The van der Waals surface area contributed by atoms with Crippen LogP contribution in [0.5, 0.6) is 0 Å². The molecule has 118 valence electrons. The predicted octanol–water partition coefficient (Wildman–Crippen LogP) is 3.04. The number of carbonyl (C=O) groups is 2. The molecule has 0 aromatic heterocycles. The molecule has 4 nitrogen and oxygen atoms in total. The lowest BCUT2D eigenvalue weighted by molar-refractivity contribution is -0.124. The number of hydrogen-bond acceptors (Lipinski definition) is 3. The van der Waals surface area contributed by atoms with Gasteiger partial charge in [0.25, 0.3) is 0 Å². The summed E-state index contributed by atoms with van der Waals surface area (Å²) in [6.07, 6.45) is 0. The summed E-state index contributed by atoms with van der Waals surface area (Å²) in [7, 11) is 1.54. The van der Waals surface area contributed by atoms with Crippen molar-refractivity contribution in [2.24, 2.45) is 0 Å². The molecule has 1 atom stereocenters. The molecule has 0 aliphatic carbocycles. The van der Waals surface area contributed by atoms with Crippen LogP contribution in [-0.2, 0) is 9.59 Å². The van der Waals surface area contributed by atoms with Crippen LogP contribution in [0.4, 0.5) is 20.2 Å². The fourth-order valence-electron chi connectivity index (χ4n) is 2.24. The zero-order chi connectivity index (χ0) is 16.6. The molecule has 0 bridgehead atoms. The molecular weight excluding hydrogens is 322 g/mol. The Balaban J connectivity index is 1.83. The van der Waals surface area contributed by atoms with Crippen LogP contribution in [-0.4, -0.2) is 24.1 Å². The van der Waals surface area contributed by atoms with Crippen LogP contribution in [0, 0.1) is 11.6 Å². The van der Waals surface area contributed by atoms with Gasteiger partial charge in [-0.05, 0) is 42.5 Å². The maximum Gasteiger partial charge on any atom is 0.249 e. The van der Waals surface area contributed by atoms with E-state index in [9.17, 15) is 18.4 Å². The molecule has 0 fully saturated rings. The summed E-state index contributed by atoms with van der Waals surface area (Å²) >= 11 is 0.996. The molecule has 2 aromatic rings. The van der Waals surface area contributed by atoms with Gasteiger partial charge in [0.2, 0.25) is 11.8 Å². The topological polar surface area (TPSA) is 49.4 Å². The summed E-state index contributed by atoms with van der Waals surface area (Å²) in [6, 6.07) is 9.29. The Hall–Kier alpha value is -2.41. The molecule has 7 heteroatoms. The summed E-state index contributed by atoms with van der Waals surface area (Å²) in [5.41, 5.74) is 0.949. The minimum atomic E-state index is -1.03. The zero-order valence-electron chi connectivity index (χ0n) is 12.0. The highest BCUT2D eigenvalue weighted by atomic mass is 32.2. The Labute approximate surface area is 135 Å². The summed E-state index contributed by atoms with van der Waals surface area (Å²) in [5, 5.41) is 1.54. The van der Waals surface area contributed by atoms with E-state index in [1.807, 2.05) is 0 Å². The normalized spacial score (nSPS) is 16.9. The van der Waals surface area contributed by atoms with Crippen molar-refractivity contribution in [2.75, 3.05) is 17.3 Å². The van der Waals surface area contributed by atoms with Crippen LogP contribution in [0.25, 0.3) is 0 Å². The molecule has 2 amide bonds. The van der Waals surface area contributed by atoms with Crippen LogP contribution in [0.3, 0.4) is 0 Å². The van der Waals surface area contributed by atoms with Gasteiger partial charge < -0.3 is 10.2 Å². The van der Waals surface area contributed by atoms with E-state index < -0.39 is 28.7 Å². The second-order valence-corrected chi connectivity index (χ2v) is 6.15. The van der Waals surface area contributed by atoms with Crippen molar-refractivity contribution >= 4 is 35.0 Å². The van der Waals surface area contributed by atoms with Gasteiger partial charge in [0, 0.05) is 17.6 Å². The van der Waals surface area contributed by atoms with Crippen LogP contribution in [0.15, 0.2) is 47.4 Å². The first-order valence-corrected chi connectivity index (χ1v) is 7.64. The second kappa shape index (κ2) is 6.00. The summed E-state index contributed by atoms with van der Waals surface area (Å²) in [4.78, 5) is 26.5. The average molecular weight is 334 g/mol. The molecule has 1 aliphatic heterocycles. The van der Waals surface area contributed by atoms with E-state index in [0.29, 0.717) is 16.3 Å². The third-order valence-corrected chi connectivity index (χ3v) is 4.67. The van der Waals surface area contributed by atoms with Gasteiger partial charge in [0.15, 0.2) is 5.25 Å². The van der Waals surface area contributed by atoms with Crippen molar-refractivity contribution in [3.8, 4) is 0 Å². The van der Waals surface area contributed by atoms with Gasteiger partial charge in [-0.25, -0.2) is 8.78 Å². The van der Waals surface area contributed by atoms with Crippen LogP contribution in [0.1, 0.15) is 0 Å². The number of nitrogens with one attached hydrogen (secondary N) is 1. The van der Waals surface area contributed by atoms with Gasteiger partial charge in [-0.2, -0.15) is 0 Å². The quantitative estimate of drug-likeness (QED) is 0.859. The highest BCUT2D eigenvalue weighted by Gasteiger charge is 2.36. The molecule has 1 aliphatic rings. The molecule has 0 saturated carbocycles. The Bertz CT molecular complexity index is 780. The predicted molar refractivity (Wildman–Crippen MR) is 84.5 cm³/mol. The third kappa shape index (κ3) is 3.05. The number of anilines is 2. The van der Waals surface area contributed by atoms with E-state index in [4.69, 9.17) is 0 Å². The van der Waals surface area contributed by atoms with Crippen LogP contribution in [0.2, 0.25) is 0 Å². The summed E-state index contributed by atoms with van der Waals surface area (Å²) in [6.45, 7) is 0. The minimum absolute atomic E-state index is 0.387. The maximum atomic E-state index is 13.4. The number of halogens is 2. The van der Waals surface area contributed by atoms with E-state index in [2.05, 4.69) is 5.32 Å². The number of thioether (sulfide) groups is 1. The second-order valence-electron chi connectivity index (χ2n) is 5.00. The number of rotatable bonds is 2. The first kappa shape index (κ1) is 15.5. The standard InChI is InChI=1S/C16H12F2N2O2S/c1-20-12-7-4-10(18)8-13(12)23-14(16(20)22)15(21)19-11-5-2-9(17)3-6-11/h2-8,14H,1H3,(H,19,21). The maximum absolute atomic E-state index is 13.4. The van der Waals surface area contributed by atoms with Crippen molar-refractivity contribution in [1.82, 2.24) is 0 Å². The van der Waals surface area contributed by atoms with Crippen molar-refractivity contribution in [1.29, 1.82) is 0 Å². The van der Waals surface area contributed by atoms with Crippen molar-refractivity contribution in [2.45, 2.75) is 10.1 Å². The van der Waals surface area contributed by atoms with E-state index >= 15 is 0 Å². The molecule has 2 aromatic carbocycles. The molecule has 1 N–H and O–H groups in total. The van der Waals surface area contributed by atoms with Crippen LogP contribution >= 0.6 is 11.8 Å².